The average molecular weight is 562 g/mol. The van der Waals surface area contributed by atoms with E-state index in [4.69, 9.17) is 0 Å². The Labute approximate surface area is 237 Å². The number of aliphatic hydroxyl groups is 1. The van der Waals surface area contributed by atoms with Crippen LogP contribution in [-0.4, -0.2) is 61.6 Å². The summed E-state index contributed by atoms with van der Waals surface area (Å²) in [6.45, 7) is 5.89. The molecular formula is C31H32FN3O4S. The molecule has 2 fully saturated rings. The number of aliphatic hydroxyl groups excluding tert-OH is 1. The number of fused-ring (bicyclic) bond motifs is 1. The van der Waals surface area contributed by atoms with Crippen LogP contribution in [0.4, 0.5) is 4.39 Å². The molecule has 2 N–H and O–H groups in total. The number of carbonyl (C=O) groups excluding carboxylic acids is 3. The van der Waals surface area contributed by atoms with Crippen molar-refractivity contribution in [2.75, 3.05) is 5.88 Å². The maximum atomic E-state index is 14.1. The first-order chi connectivity index (χ1) is 19.1. The molecule has 7 nitrogen and oxygen atoms in total. The van der Waals surface area contributed by atoms with Crippen LogP contribution in [0, 0.1) is 19.7 Å². The molecule has 0 saturated carbocycles. The molecule has 3 aromatic carbocycles. The highest BCUT2D eigenvalue weighted by Gasteiger charge is 2.65. The van der Waals surface area contributed by atoms with Gasteiger partial charge in [0, 0.05) is 12.1 Å². The van der Waals surface area contributed by atoms with Crippen LogP contribution < -0.4 is 5.32 Å². The van der Waals surface area contributed by atoms with Gasteiger partial charge in [-0.3, -0.25) is 14.4 Å². The van der Waals surface area contributed by atoms with Crippen LogP contribution in [-0.2, 0) is 22.6 Å². The zero-order valence-electron chi connectivity index (χ0n) is 22.6. The van der Waals surface area contributed by atoms with Gasteiger partial charge in [0.15, 0.2) is 6.10 Å². The van der Waals surface area contributed by atoms with Crippen molar-refractivity contribution in [3.63, 3.8) is 0 Å². The molecule has 3 aromatic rings. The fourth-order valence-corrected chi connectivity index (χ4v) is 6.84. The number of halogens is 1. The molecule has 4 atom stereocenters. The number of rotatable bonds is 8. The van der Waals surface area contributed by atoms with Gasteiger partial charge in [0.1, 0.15) is 16.7 Å². The Balaban J connectivity index is 1.35. The number of benzene rings is 3. The highest BCUT2D eigenvalue weighted by molar-refractivity contribution is 8.01. The van der Waals surface area contributed by atoms with Gasteiger partial charge >= 0.3 is 0 Å². The van der Waals surface area contributed by atoms with Crippen molar-refractivity contribution < 1.29 is 23.9 Å². The van der Waals surface area contributed by atoms with E-state index in [2.05, 4.69) is 5.32 Å². The van der Waals surface area contributed by atoms with Gasteiger partial charge in [-0.05, 0) is 61.6 Å². The number of hydrogen-bond acceptors (Lipinski definition) is 5. The topological polar surface area (TPSA) is 90.0 Å². The highest BCUT2D eigenvalue weighted by atomic mass is 32.2. The first-order valence-corrected chi connectivity index (χ1v) is 14.2. The molecular weight excluding hydrogens is 529 g/mol. The normalized spacial score (nSPS) is 21.4. The molecule has 0 bridgehead atoms. The lowest BCUT2D eigenvalue weighted by Crippen LogP contribution is -2.73. The quantitative estimate of drug-likeness (QED) is 0.409. The zero-order valence-corrected chi connectivity index (χ0v) is 23.5. The number of carbonyl (C=O) groups is 3. The van der Waals surface area contributed by atoms with E-state index in [-0.39, 0.29) is 29.3 Å². The fraction of sp³-hybridized carbons (Fsp3) is 0.323. The van der Waals surface area contributed by atoms with Crippen LogP contribution in [0.25, 0.3) is 0 Å². The van der Waals surface area contributed by atoms with E-state index in [0.29, 0.717) is 6.54 Å². The van der Waals surface area contributed by atoms with Gasteiger partial charge in [0.25, 0.3) is 11.8 Å². The first-order valence-electron chi connectivity index (χ1n) is 13.2. The van der Waals surface area contributed by atoms with E-state index in [0.717, 1.165) is 16.7 Å². The second-order valence-electron chi connectivity index (χ2n) is 10.5. The molecule has 0 radical (unpaired) electrons. The van der Waals surface area contributed by atoms with Crippen LogP contribution in [0.1, 0.15) is 39.5 Å². The Kier molecular flexibility index (Phi) is 7.70. The van der Waals surface area contributed by atoms with E-state index >= 15 is 0 Å². The summed E-state index contributed by atoms with van der Waals surface area (Å²) < 4.78 is 14.1. The monoisotopic (exact) mass is 561 g/mol. The van der Waals surface area contributed by atoms with Crippen molar-refractivity contribution in [1.82, 2.24) is 15.1 Å². The molecule has 0 aliphatic carbocycles. The van der Waals surface area contributed by atoms with Crippen LogP contribution in [0.15, 0.2) is 72.8 Å². The standard InChI is InChI=1S/C31H32FN3O4S/c1-19-10-7-8-13-22(19)17-35-30(39)27-31(35,3)40-18-34(27)29(38)26(36)25(16-21-11-5-4-6-12-21)33-28(37)23-14-9-15-24(32)20(23)2/h4-15,25-27,36H,16-18H2,1-3H3,(H,33,37)/t25-,26-,27+,31?/m0/s1. The van der Waals surface area contributed by atoms with Crippen LogP contribution in [0.3, 0.4) is 0 Å². The number of nitrogens with one attached hydrogen (secondary N) is 1. The van der Waals surface area contributed by atoms with E-state index in [1.165, 1.54) is 41.8 Å². The van der Waals surface area contributed by atoms with Gasteiger partial charge in [-0.25, -0.2) is 4.39 Å². The second kappa shape index (κ2) is 11.1. The van der Waals surface area contributed by atoms with Crippen molar-refractivity contribution in [2.45, 2.75) is 56.8 Å². The third-order valence-corrected chi connectivity index (χ3v) is 9.42. The molecule has 40 heavy (non-hydrogen) atoms. The lowest BCUT2D eigenvalue weighted by Gasteiger charge is -2.53. The Hall–Kier alpha value is -3.69. The second-order valence-corrected chi connectivity index (χ2v) is 11.9. The predicted molar refractivity (Wildman–Crippen MR) is 152 cm³/mol. The molecule has 2 saturated heterocycles. The minimum absolute atomic E-state index is 0.128. The SMILES string of the molecule is Cc1ccccc1CN1C(=O)[C@H]2N(C(=O)[C@@H](O)[C@H](Cc3ccccc3)NC(=O)c3cccc(F)c3C)CSC21C. The van der Waals surface area contributed by atoms with E-state index in [9.17, 15) is 23.9 Å². The number of likely N-dealkylation sites (tertiary alicyclic amines) is 1. The van der Waals surface area contributed by atoms with Crippen molar-refractivity contribution >= 4 is 29.5 Å². The molecule has 2 heterocycles. The third kappa shape index (κ3) is 4.99. The lowest BCUT2D eigenvalue weighted by atomic mass is 9.91. The van der Waals surface area contributed by atoms with Gasteiger partial charge in [0.05, 0.1) is 11.9 Å². The molecule has 0 aromatic heterocycles. The summed E-state index contributed by atoms with van der Waals surface area (Å²) in [6.07, 6.45) is -1.44. The maximum absolute atomic E-state index is 14.1. The number of thioether (sulfide) groups is 1. The molecule has 1 unspecified atom stereocenters. The molecule has 0 spiro atoms. The van der Waals surface area contributed by atoms with Crippen LogP contribution in [0.5, 0.6) is 0 Å². The number of aryl methyl sites for hydroxylation is 1. The molecule has 2 aliphatic rings. The largest absolute Gasteiger partial charge is 0.381 e. The Bertz CT molecular complexity index is 1450. The van der Waals surface area contributed by atoms with Gasteiger partial charge in [-0.15, -0.1) is 11.8 Å². The Morgan fingerprint density at radius 3 is 2.50 bits per heavy atom. The van der Waals surface area contributed by atoms with Crippen molar-refractivity contribution in [2.24, 2.45) is 0 Å². The summed E-state index contributed by atoms with van der Waals surface area (Å²) in [5.41, 5.74) is 3.24. The number of hydrogen-bond donors (Lipinski definition) is 2. The molecule has 3 amide bonds. The van der Waals surface area contributed by atoms with Gasteiger partial charge < -0.3 is 20.2 Å². The minimum atomic E-state index is -1.61. The summed E-state index contributed by atoms with van der Waals surface area (Å²) in [4.78, 5) is 42.8. The molecule has 2 aliphatic heterocycles. The van der Waals surface area contributed by atoms with Crippen molar-refractivity contribution in [3.8, 4) is 0 Å². The smallest absolute Gasteiger partial charge is 0.255 e. The Morgan fingerprint density at radius 2 is 1.77 bits per heavy atom. The van der Waals surface area contributed by atoms with Gasteiger partial charge in [-0.1, -0.05) is 60.7 Å². The minimum Gasteiger partial charge on any atom is -0.381 e. The molecule has 208 valence electrons. The van der Waals surface area contributed by atoms with Gasteiger partial charge in [0.2, 0.25) is 5.91 Å². The first kappa shape index (κ1) is 27.9. The zero-order chi connectivity index (χ0) is 28.6. The number of nitrogens with zero attached hydrogens (tertiary/aromatic N) is 2. The summed E-state index contributed by atoms with van der Waals surface area (Å²) >= 11 is 1.49. The average Bonchev–Trinajstić information content (AvgIpc) is 3.26. The predicted octanol–water partition coefficient (Wildman–Crippen LogP) is 3.80. The number of β-lactam (4-membered cyclic amide) rings is 1. The summed E-state index contributed by atoms with van der Waals surface area (Å²) in [7, 11) is 0. The van der Waals surface area contributed by atoms with Crippen LogP contribution >= 0.6 is 11.8 Å². The van der Waals surface area contributed by atoms with Crippen LogP contribution in [0.2, 0.25) is 0 Å². The maximum Gasteiger partial charge on any atom is 0.255 e. The van der Waals surface area contributed by atoms with E-state index < -0.39 is 40.7 Å². The van der Waals surface area contributed by atoms with E-state index in [1.807, 2.05) is 68.4 Å². The highest BCUT2D eigenvalue weighted by Crippen LogP contribution is 2.51. The summed E-state index contributed by atoms with van der Waals surface area (Å²) in [6, 6.07) is 19.6. The fourth-order valence-electron chi connectivity index (χ4n) is 5.47. The summed E-state index contributed by atoms with van der Waals surface area (Å²) in [5, 5.41) is 14.1. The Morgan fingerprint density at radius 1 is 1.07 bits per heavy atom. The van der Waals surface area contributed by atoms with Gasteiger partial charge in [-0.2, -0.15) is 0 Å². The molecule has 9 heteroatoms. The van der Waals surface area contributed by atoms with Crippen molar-refractivity contribution in [3.05, 3.63) is 106 Å². The van der Waals surface area contributed by atoms with Crippen molar-refractivity contribution in [1.29, 1.82) is 0 Å². The molecule has 5 rings (SSSR count). The number of amides is 3. The lowest BCUT2D eigenvalue weighted by molar-refractivity contribution is -0.168. The third-order valence-electron chi connectivity index (χ3n) is 7.98. The summed E-state index contributed by atoms with van der Waals surface area (Å²) in [5.74, 6) is -1.66. The van der Waals surface area contributed by atoms with E-state index in [1.54, 1.807) is 4.90 Å².